The van der Waals surface area contributed by atoms with E-state index in [0.717, 1.165) is 5.39 Å². The summed E-state index contributed by atoms with van der Waals surface area (Å²) in [7, 11) is -3.72. The number of para-hydroxylation sites is 1. The molecule has 0 saturated carbocycles. The maximum atomic E-state index is 13.8. The van der Waals surface area contributed by atoms with E-state index in [4.69, 9.17) is 4.42 Å². The summed E-state index contributed by atoms with van der Waals surface area (Å²) in [6, 6.07) is 13.0. The molecule has 0 spiro atoms. The molecule has 0 aliphatic carbocycles. The van der Waals surface area contributed by atoms with Crippen LogP contribution in [0.2, 0.25) is 0 Å². The van der Waals surface area contributed by atoms with Crippen LogP contribution in [0.25, 0.3) is 11.0 Å². The van der Waals surface area contributed by atoms with Crippen molar-refractivity contribution in [2.75, 3.05) is 0 Å². The number of rotatable bonds is 5. The number of hydrogen-bond donors (Lipinski definition) is 1. The summed E-state index contributed by atoms with van der Waals surface area (Å²) in [5.41, 5.74) is 0.806. The second-order valence-electron chi connectivity index (χ2n) is 5.52. The highest BCUT2D eigenvalue weighted by molar-refractivity contribution is 9.10. The predicted molar refractivity (Wildman–Crippen MR) is 94.5 cm³/mol. The summed E-state index contributed by atoms with van der Waals surface area (Å²) < 4.78 is 47.2. The SMILES string of the molecule is C[C@H](NS(=O)(=O)Cc1ccc(Br)cc1F)c1cc2ccccc2o1. The standard InChI is InChI=1S/C17H15BrFNO3S/c1-11(17-8-12-4-2-3-5-16(12)23-17)20-24(21,22)10-13-6-7-14(18)9-15(13)19/h2-9,11,20H,10H2,1H3/t11-/m0/s1. The van der Waals surface area contributed by atoms with Crippen LogP contribution in [-0.4, -0.2) is 8.42 Å². The Balaban J connectivity index is 1.78. The summed E-state index contributed by atoms with van der Waals surface area (Å²) >= 11 is 3.15. The lowest BCUT2D eigenvalue weighted by atomic mass is 10.2. The molecular weight excluding hydrogens is 397 g/mol. The van der Waals surface area contributed by atoms with Crippen LogP contribution >= 0.6 is 15.9 Å². The Morgan fingerprint density at radius 1 is 1.21 bits per heavy atom. The molecule has 4 nitrogen and oxygen atoms in total. The van der Waals surface area contributed by atoms with Gasteiger partial charge in [0.05, 0.1) is 11.8 Å². The van der Waals surface area contributed by atoms with Gasteiger partial charge < -0.3 is 4.42 Å². The molecule has 24 heavy (non-hydrogen) atoms. The number of halogens is 2. The van der Waals surface area contributed by atoms with Gasteiger partial charge in [-0.3, -0.25) is 0 Å². The maximum absolute atomic E-state index is 13.8. The van der Waals surface area contributed by atoms with Gasteiger partial charge >= 0.3 is 0 Å². The molecule has 126 valence electrons. The normalized spacial score (nSPS) is 13.3. The predicted octanol–water partition coefficient (Wildman–Crippen LogP) is 4.52. The Kier molecular flexibility index (Phi) is 4.76. The van der Waals surface area contributed by atoms with Gasteiger partial charge in [-0.2, -0.15) is 0 Å². The quantitative estimate of drug-likeness (QED) is 0.671. The van der Waals surface area contributed by atoms with E-state index in [1.807, 2.05) is 24.3 Å². The van der Waals surface area contributed by atoms with E-state index in [-0.39, 0.29) is 5.56 Å². The molecule has 2 aromatic carbocycles. The molecule has 3 aromatic rings. The molecule has 0 saturated heterocycles. The first-order valence-corrected chi connectivity index (χ1v) is 9.71. The fraction of sp³-hybridized carbons (Fsp3) is 0.176. The minimum absolute atomic E-state index is 0.113. The Hall–Kier alpha value is -1.70. The van der Waals surface area contributed by atoms with Crippen molar-refractivity contribution >= 4 is 36.9 Å². The van der Waals surface area contributed by atoms with Crippen LogP contribution in [0.3, 0.4) is 0 Å². The van der Waals surface area contributed by atoms with Gasteiger partial charge in [0.1, 0.15) is 17.2 Å². The van der Waals surface area contributed by atoms with Gasteiger partial charge in [0.2, 0.25) is 10.0 Å². The highest BCUT2D eigenvalue weighted by atomic mass is 79.9. The zero-order valence-electron chi connectivity index (χ0n) is 12.8. The minimum Gasteiger partial charge on any atom is -0.459 e. The van der Waals surface area contributed by atoms with Gasteiger partial charge in [0, 0.05) is 15.4 Å². The lowest BCUT2D eigenvalue weighted by molar-refractivity contribution is 0.484. The number of sulfonamides is 1. The zero-order chi connectivity index (χ0) is 17.3. The summed E-state index contributed by atoms with van der Waals surface area (Å²) in [5, 5.41) is 0.900. The smallest absolute Gasteiger partial charge is 0.216 e. The fourth-order valence-corrected chi connectivity index (χ4v) is 4.14. The van der Waals surface area contributed by atoms with Crippen molar-refractivity contribution in [2.45, 2.75) is 18.7 Å². The van der Waals surface area contributed by atoms with Crippen LogP contribution in [-0.2, 0) is 15.8 Å². The Morgan fingerprint density at radius 3 is 2.67 bits per heavy atom. The van der Waals surface area contributed by atoms with Crippen LogP contribution in [0.4, 0.5) is 4.39 Å². The van der Waals surface area contributed by atoms with E-state index in [1.54, 1.807) is 19.1 Å². The van der Waals surface area contributed by atoms with Crippen LogP contribution in [0.5, 0.6) is 0 Å². The van der Waals surface area contributed by atoms with E-state index in [2.05, 4.69) is 20.7 Å². The first-order chi connectivity index (χ1) is 11.3. The van der Waals surface area contributed by atoms with E-state index >= 15 is 0 Å². The van der Waals surface area contributed by atoms with Crippen molar-refractivity contribution < 1.29 is 17.2 Å². The van der Waals surface area contributed by atoms with Crippen LogP contribution in [0, 0.1) is 5.82 Å². The molecule has 0 radical (unpaired) electrons. The van der Waals surface area contributed by atoms with Crippen molar-refractivity contribution in [3.63, 3.8) is 0 Å². The average molecular weight is 412 g/mol. The van der Waals surface area contributed by atoms with Gasteiger partial charge in [-0.15, -0.1) is 0 Å². The van der Waals surface area contributed by atoms with E-state index < -0.39 is 27.6 Å². The van der Waals surface area contributed by atoms with Gasteiger partial charge in [0.25, 0.3) is 0 Å². The molecule has 1 aromatic heterocycles. The van der Waals surface area contributed by atoms with Gasteiger partial charge in [-0.05, 0) is 31.2 Å². The minimum atomic E-state index is -3.72. The molecule has 1 N–H and O–H groups in total. The van der Waals surface area contributed by atoms with Gasteiger partial charge in [-0.1, -0.05) is 40.2 Å². The third-order valence-electron chi connectivity index (χ3n) is 3.59. The van der Waals surface area contributed by atoms with Crippen molar-refractivity contribution in [1.82, 2.24) is 4.72 Å². The third kappa shape index (κ3) is 3.85. The lowest BCUT2D eigenvalue weighted by Crippen LogP contribution is -2.28. The van der Waals surface area contributed by atoms with Crippen molar-refractivity contribution in [1.29, 1.82) is 0 Å². The summed E-state index contributed by atoms with van der Waals surface area (Å²) in [6.45, 7) is 1.69. The number of fused-ring (bicyclic) bond motifs is 1. The largest absolute Gasteiger partial charge is 0.459 e. The fourth-order valence-electron chi connectivity index (χ4n) is 2.43. The molecule has 0 bridgehead atoms. The Labute approximate surface area is 147 Å². The molecule has 7 heteroatoms. The van der Waals surface area contributed by atoms with E-state index in [1.165, 1.54) is 12.1 Å². The van der Waals surface area contributed by atoms with E-state index in [9.17, 15) is 12.8 Å². The average Bonchev–Trinajstić information content (AvgIpc) is 2.94. The Bertz CT molecular complexity index is 951. The van der Waals surface area contributed by atoms with Crippen LogP contribution < -0.4 is 4.72 Å². The number of furan rings is 1. The van der Waals surface area contributed by atoms with Crippen molar-refractivity contribution in [3.8, 4) is 0 Å². The zero-order valence-corrected chi connectivity index (χ0v) is 15.2. The Morgan fingerprint density at radius 2 is 1.96 bits per heavy atom. The second kappa shape index (κ2) is 6.66. The molecule has 0 aliphatic heterocycles. The molecule has 0 amide bonds. The van der Waals surface area contributed by atoms with Crippen LogP contribution in [0.1, 0.15) is 24.3 Å². The molecule has 3 rings (SSSR count). The van der Waals surface area contributed by atoms with Gasteiger partial charge in [0.15, 0.2) is 0 Å². The second-order valence-corrected chi connectivity index (χ2v) is 8.19. The first kappa shape index (κ1) is 17.1. The number of nitrogens with one attached hydrogen (secondary N) is 1. The van der Waals surface area contributed by atoms with E-state index in [0.29, 0.717) is 15.8 Å². The molecule has 1 heterocycles. The molecule has 0 aliphatic rings. The van der Waals surface area contributed by atoms with Crippen molar-refractivity contribution in [2.24, 2.45) is 0 Å². The topological polar surface area (TPSA) is 59.3 Å². The summed E-state index contributed by atoms with van der Waals surface area (Å²) in [6.07, 6.45) is 0. The highest BCUT2D eigenvalue weighted by Crippen LogP contribution is 2.24. The summed E-state index contributed by atoms with van der Waals surface area (Å²) in [4.78, 5) is 0. The number of benzene rings is 2. The van der Waals surface area contributed by atoms with Gasteiger partial charge in [-0.25, -0.2) is 17.5 Å². The highest BCUT2D eigenvalue weighted by Gasteiger charge is 2.20. The molecule has 0 unspecified atom stereocenters. The monoisotopic (exact) mass is 411 g/mol. The maximum Gasteiger partial charge on any atom is 0.216 e. The van der Waals surface area contributed by atoms with Crippen LogP contribution in [0.15, 0.2) is 57.4 Å². The lowest BCUT2D eigenvalue weighted by Gasteiger charge is -2.12. The number of hydrogen-bond acceptors (Lipinski definition) is 3. The van der Waals surface area contributed by atoms with Crippen molar-refractivity contribution in [3.05, 3.63) is 70.1 Å². The third-order valence-corrected chi connectivity index (χ3v) is 5.49. The summed E-state index contributed by atoms with van der Waals surface area (Å²) in [5.74, 6) is -0.487. The molecule has 1 atom stereocenters. The molecular formula is C17H15BrFNO3S. The first-order valence-electron chi connectivity index (χ1n) is 7.26. The molecule has 0 fully saturated rings.